The van der Waals surface area contributed by atoms with Gasteiger partial charge in [0.05, 0.1) is 6.10 Å². The van der Waals surface area contributed by atoms with Gasteiger partial charge in [0, 0.05) is 12.1 Å². The highest BCUT2D eigenvalue weighted by atomic mass is 19.1. The van der Waals surface area contributed by atoms with Gasteiger partial charge in [0.1, 0.15) is 5.82 Å². The Morgan fingerprint density at radius 3 is 2.89 bits per heavy atom. The summed E-state index contributed by atoms with van der Waals surface area (Å²) in [7, 11) is 0. The maximum atomic E-state index is 13.2. The van der Waals surface area contributed by atoms with Crippen molar-refractivity contribution >= 4 is 0 Å². The predicted molar refractivity (Wildman–Crippen MR) is 75.4 cm³/mol. The number of nitrogens with one attached hydrogen (secondary N) is 1. The maximum Gasteiger partial charge on any atom is 0.123 e. The third-order valence-corrected chi connectivity index (χ3v) is 3.98. The van der Waals surface area contributed by atoms with Gasteiger partial charge in [0.25, 0.3) is 0 Å². The van der Waals surface area contributed by atoms with E-state index in [0.717, 1.165) is 25.7 Å². The molecule has 3 heteroatoms. The average Bonchev–Trinajstić information content (AvgIpc) is 2.64. The molecule has 0 amide bonds. The minimum Gasteiger partial charge on any atom is -0.387 e. The molecule has 0 aliphatic carbocycles. The second-order valence-electron chi connectivity index (χ2n) is 5.54. The van der Waals surface area contributed by atoms with Gasteiger partial charge < -0.3 is 10.4 Å². The monoisotopic (exact) mass is 265 g/mol. The van der Waals surface area contributed by atoms with Crippen molar-refractivity contribution in [2.45, 2.75) is 63.6 Å². The molecule has 0 unspecified atom stereocenters. The molecule has 19 heavy (non-hydrogen) atoms. The van der Waals surface area contributed by atoms with Gasteiger partial charge in [-0.05, 0) is 37.0 Å². The van der Waals surface area contributed by atoms with E-state index in [1.54, 1.807) is 12.1 Å². The minimum absolute atomic E-state index is 0.0425. The molecular formula is C16H24FNO. The van der Waals surface area contributed by atoms with Crippen LogP contribution in [0.1, 0.15) is 57.1 Å². The van der Waals surface area contributed by atoms with E-state index >= 15 is 0 Å². The standard InChI is InChI=1S/C16H24FNO/c1-2-6-14-9-3-4-10-15(18-14)16(19)12-7-5-8-13(17)11-12/h5,7-8,11,14-16,18-19H,2-4,6,9-10H2,1H3/t14-,15+,16-/m0/s1. The molecule has 0 spiro atoms. The SMILES string of the molecule is CCC[C@H]1CCCC[C@H]([C@@H](O)c2cccc(F)c2)N1. The first-order valence-corrected chi connectivity index (χ1v) is 7.40. The molecule has 0 aromatic heterocycles. The van der Waals surface area contributed by atoms with Crippen LogP contribution in [0.2, 0.25) is 0 Å². The van der Waals surface area contributed by atoms with Crippen molar-refractivity contribution in [2.75, 3.05) is 0 Å². The van der Waals surface area contributed by atoms with E-state index in [-0.39, 0.29) is 11.9 Å². The summed E-state index contributed by atoms with van der Waals surface area (Å²) in [4.78, 5) is 0. The fourth-order valence-electron chi connectivity index (χ4n) is 2.97. The lowest BCUT2D eigenvalue weighted by Gasteiger charge is -2.27. The number of aliphatic hydroxyl groups is 1. The second kappa shape index (κ2) is 7.01. The smallest absolute Gasteiger partial charge is 0.123 e. The van der Waals surface area contributed by atoms with Crippen LogP contribution < -0.4 is 5.32 Å². The van der Waals surface area contributed by atoms with Gasteiger partial charge in [-0.2, -0.15) is 0 Å². The van der Waals surface area contributed by atoms with Gasteiger partial charge in [-0.15, -0.1) is 0 Å². The molecule has 2 N–H and O–H groups in total. The van der Waals surface area contributed by atoms with Crippen LogP contribution in [0.4, 0.5) is 4.39 Å². The van der Waals surface area contributed by atoms with Crippen LogP contribution in [0, 0.1) is 5.82 Å². The van der Waals surface area contributed by atoms with E-state index in [1.807, 2.05) is 0 Å². The molecule has 1 aromatic carbocycles. The van der Waals surface area contributed by atoms with Gasteiger partial charge in [-0.25, -0.2) is 4.39 Å². The molecule has 1 saturated heterocycles. The van der Waals surface area contributed by atoms with Crippen molar-refractivity contribution in [2.24, 2.45) is 0 Å². The topological polar surface area (TPSA) is 32.3 Å². The highest BCUT2D eigenvalue weighted by Gasteiger charge is 2.25. The zero-order valence-corrected chi connectivity index (χ0v) is 11.6. The molecule has 2 nitrogen and oxygen atoms in total. The van der Waals surface area contributed by atoms with Crippen molar-refractivity contribution < 1.29 is 9.50 Å². The Bertz CT molecular complexity index is 396. The first-order valence-electron chi connectivity index (χ1n) is 7.40. The number of aliphatic hydroxyl groups excluding tert-OH is 1. The summed E-state index contributed by atoms with van der Waals surface area (Å²) in [6, 6.07) is 6.84. The quantitative estimate of drug-likeness (QED) is 0.872. The fraction of sp³-hybridized carbons (Fsp3) is 0.625. The van der Waals surface area contributed by atoms with Gasteiger partial charge in [-0.3, -0.25) is 0 Å². The normalized spacial score (nSPS) is 25.8. The third kappa shape index (κ3) is 4.02. The molecule has 1 aromatic rings. The molecule has 1 aliphatic heterocycles. The van der Waals surface area contributed by atoms with Crippen LogP contribution in [0.3, 0.4) is 0 Å². The Morgan fingerprint density at radius 1 is 1.37 bits per heavy atom. The van der Waals surface area contributed by atoms with Crippen LogP contribution in [0.15, 0.2) is 24.3 Å². The lowest BCUT2D eigenvalue weighted by atomic mass is 9.98. The molecule has 1 heterocycles. The van der Waals surface area contributed by atoms with Crippen LogP contribution in [0.25, 0.3) is 0 Å². The van der Waals surface area contributed by atoms with Gasteiger partial charge >= 0.3 is 0 Å². The zero-order valence-electron chi connectivity index (χ0n) is 11.6. The van der Waals surface area contributed by atoms with Crippen molar-refractivity contribution in [3.8, 4) is 0 Å². The molecule has 3 atom stereocenters. The summed E-state index contributed by atoms with van der Waals surface area (Å²) in [6.07, 6.45) is 6.16. The Balaban J connectivity index is 2.06. The van der Waals surface area contributed by atoms with Crippen molar-refractivity contribution in [3.63, 3.8) is 0 Å². The number of hydrogen-bond donors (Lipinski definition) is 2. The lowest BCUT2D eigenvalue weighted by Crippen LogP contribution is -2.40. The Kier molecular flexibility index (Phi) is 5.34. The third-order valence-electron chi connectivity index (χ3n) is 3.98. The van der Waals surface area contributed by atoms with Crippen molar-refractivity contribution in [1.82, 2.24) is 5.32 Å². The van der Waals surface area contributed by atoms with Crippen LogP contribution in [-0.2, 0) is 0 Å². The summed E-state index contributed by atoms with van der Waals surface area (Å²) in [5, 5.41) is 14.0. The van der Waals surface area contributed by atoms with Gasteiger partial charge in [-0.1, -0.05) is 38.3 Å². The van der Waals surface area contributed by atoms with E-state index in [1.165, 1.54) is 25.0 Å². The summed E-state index contributed by atoms with van der Waals surface area (Å²) in [6.45, 7) is 2.19. The van der Waals surface area contributed by atoms with E-state index in [9.17, 15) is 9.50 Å². The molecule has 1 aliphatic rings. The Morgan fingerprint density at radius 2 is 2.16 bits per heavy atom. The summed E-state index contributed by atoms with van der Waals surface area (Å²) in [5.41, 5.74) is 0.676. The summed E-state index contributed by atoms with van der Waals surface area (Å²) >= 11 is 0. The minimum atomic E-state index is -0.617. The molecule has 0 saturated carbocycles. The van der Waals surface area contributed by atoms with Gasteiger partial charge in [0.15, 0.2) is 0 Å². The summed E-state index contributed by atoms with van der Waals surface area (Å²) in [5.74, 6) is -0.282. The zero-order chi connectivity index (χ0) is 13.7. The number of benzene rings is 1. The molecule has 0 bridgehead atoms. The number of rotatable bonds is 4. The molecular weight excluding hydrogens is 241 g/mol. The number of halogens is 1. The fourth-order valence-corrected chi connectivity index (χ4v) is 2.97. The average molecular weight is 265 g/mol. The van der Waals surface area contributed by atoms with Crippen molar-refractivity contribution in [3.05, 3.63) is 35.6 Å². The summed E-state index contributed by atoms with van der Waals surface area (Å²) < 4.78 is 13.2. The second-order valence-corrected chi connectivity index (χ2v) is 5.54. The maximum absolute atomic E-state index is 13.2. The number of hydrogen-bond acceptors (Lipinski definition) is 2. The van der Waals surface area contributed by atoms with E-state index in [2.05, 4.69) is 12.2 Å². The van der Waals surface area contributed by atoms with Gasteiger partial charge in [0.2, 0.25) is 0 Å². The lowest BCUT2D eigenvalue weighted by molar-refractivity contribution is 0.119. The van der Waals surface area contributed by atoms with Crippen LogP contribution >= 0.6 is 0 Å². The molecule has 1 fully saturated rings. The Labute approximate surface area is 115 Å². The predicted octanol–water partition coefficient (Wildman–Crippen LogP) is 3.56. The first kappa shape index (κ1) is 14.5. The largest absolute Gasteiger partial charge is 0.387 e. The van der Waals surface area contributed by atoms with E-state index < -0.39 is 6.10 Å². The molecule has 0 radical (unpaired) electrons. The van der Waals surface area contributed by atoms with Crippen molar-refractivity contribution in [1.29, 1.82) is 0 Å². The first-order chi connectivity index (χ1) is 9.20. The molecule has 106 valence electrons. The van der Waals surface area contributed by atoms with E-state index in [4.69, 9.17) is 0 Å². The van der Waals surface area contributed by atoms with E-state index in [0.29, 0.717) is 11.6 Å². The molecule has 2 rings (SSSR count). The Hall–Kier alpha value is -0.930. The van der Waals surface area contributed by atoms with Crippen LogP contribution in [-0.4, -0.2) is 17.2 Å². The van der Waals surface area contributed by atoms with Crippen LogP contribution in [0.5, 0.6) is 0 Å². The highest BCUT2D eigenvalue weighted by Crippen LogP contribution is 2.25. The highest BCUT2D eigenvalue weighted by molar-refractivity contribution is 5.20.